The third-order valence-corrected chi connectivity index (χ3v) is 5.00. The Bertz CT molecular complexity index is 526. The van der Waals surface area contributed by atoms with Gasteiger partial charge in [0.05, 0.1) is 7.11 Å². The first-order valence-electron chi connectivity index (χ1n) is 8.88. The minimum atomic E-state index is 0. The Kier molecular flexibility index (Phi) is 7.38. The van der Waals surface area contributed by atoms with E-state index in [0.29, 0.717) is 12.5 Å². The van der Waals surface area contributed by atoms with E-state index in [-0.39, 0.29) is 18.3 Å². The van der Waals surface area contributed by atoms with E-state index < -0.39 is 0 Å². The fourth-order valence-corrected chi connectivity index (χ4v) is 3.23. The normalized spacial score (nSPS) is 18.1. The van der Waals surface area contributed by atoms with Crippen molar-refractivity contribution in [3.8, 4) is 5.75 Å². The summed E-state index contributed by atoms with van der Waals surface area (Å²) in [7, 11) is 1.67. The van der Waals surface area contributed by atoms with Gasteiger partial charge in [-0.15, -0.1) is 12.4 Å². The van der Waals surface area contributed by atoms with E-state index in [1.54, 1.807) is 7.11 Å². The molecule has 0 spiro atoms. The molecule has 1 aliphatic carbocycles. The number of methoxy groups -OCH3 is 1. The highest BCUT2D eigenvalue weighted by Crippen LogP contribution is 2.28. The van der Waals surface area contributed by atoms with E-state index >= 15 is 0 Å². The van der Waals surface area contributed by atoms with Gasteiger partial charge in [0.25, 0.3) is 0 Å². The first-order valence-corrected chi connectivity index (χ1v) is 8.88. The zero-order valence-electron chi connectivity index (χ0n) is 14.5. The molecule has 2 aliphatic rings. The van der Waals surface area contributed by atoms with Crippen LogP contribution in [0.2, 0.25) is 0 Å². The molecule has 134 valence electrons. The lowest BCUT2D eigenvalue weighted by molar-refractivity contribution is -0.132. The number of nitrogens with zero attached hydrogens (tertiary/aromatic N) is 1. The zero-order chi connectivity index (χ0) is 16.1. The van der Waals surface area contributed by atoms with Crippen LogP contribution in [0.5, 0.6) is 5.75 Å². The molecule has 5 heteroatoms. The van der Waals surface area contributed by atoms with Gasteiger partial charge in [0.2, 0.25) is 5.91 Å². The first-order chi connectivity index (χ1) is 11.2. The number of carbonyl (C=O) groups is 1. The van der Waals surface area contributed by atoms with Crippen LogP contribution in [-0.2, 0) is 11.2 Å². The fraction of sp³-hybridized carbons (Fsp3) is 0.632. The topological polar surface area (TPSA) is 41.6 Å². The summed E-state index contributed by atoms with van der Waals surface area (Å²) in [5.41, 5.74) is 1.17. The average molecular weight is 353 g/mol. The average Bonchev–Trinajstić information content (AvgIpc) is 3.43. The Morgan fingerprint density at radius 3 is 2.67 bits per heavy atom. The maximum absolute atomic E-state index is 12.4. The van der Waals surface area contributed by atoms with Crippen molar-refractivity contribution in [3.05, 3.63) is 29.8 Å². The maximum Gasteiger partial charge on any atom is 0.222 e. The number of halogens is 1. The molecular formula is C19H29ClN2O2. The molecule has 1 amide bonds. The standard InChI is InChI=1S/C19H28N2O2.ClH/c1-23-18-4-2-3-15(13-18)7-8-19(22)21-11-9-17(10-12-21)20-14-16-5-6-16;/h2-4,13,16-17,20H,5-12,14H2,1H3;1H. The summed E-state index contributed by atoms with van der Waals surface area (Å²) >= 11 is 0. The van der Waals surface area contributed by atoms with Gasteiger partial charge in [-0.2, -0.15) is 0 Å². The summed E-state index contributed by atoms with van der Waals surface area (Å²) in [6, 6.07) is 8.60. The highest BCUT2D eigenvalue weighted by molar-refractivity contribution is 5.85. The summed E-state index contributed by atoms with van der Waals surface area (Å²) in [6.45, 7) is 2.98. The van der Waals surface area contributed by atoms with E-state index in [1.807, 2.05) is 23.1 Å². The van der Waals surface area contributed by atoms with Crippen molar-refractivity contribution in [2.75, 3.05) is 26.7 Å². The number of likely N-dealkylation sites (tertiary alicyclic amines) is 1. The number of hydrogen-bond donors (Lipinski definition) is 1. The quantitative estimate of drug-likeness (QED) is 0.820. The van der Waals surface area contributed by atoms with E-state index in [0.717, 1.165) is 44.0 Å². The molecule has 0 radical (unpaired) electrons. The molecule has 2 fully saturated rings. The summed E-state index contributed by atoms with van der Waals surface area (Å²) in [5, 5.41) is 3.66. The van der Waals surface area contributed by atoms with Crippen molar-refractivity contribution in [3.63, 3.8) is 0 Å². The van der Waals surface area contributed by atoms with Crippen LogP contribution in [0.4, 0.5) is 0 Å². The molecule has 0 atom stereocenters. The third kappa shape index (κ3) is 5.67. The minimum Gasteiger partial charge on any atom is -0.497 e. The van der Waals surface area contributed by atoms with Crippen LogP contribution in [0.3, 0.4) is 0 Å². The molecule has 1 aromatic carbocycles. The number of hydrogen-bond acceptors (Lipinski definition) is 3. The van der Waals surface area contributed by atoms with Gasteiger partial charge >= 0.3 is 0 Å². The maximum atomic E-state index is 12.4. The second kappa shape index (κ2) is 9.28. The Labute approximate surface area is 151 Å². The molecule has 1 aromatic rings. The molecule has 1 N–H and O–H groups in total. The lowest BCUT2D eigenvalue weighted by Gasteiger charge is -2.32. The monoisotopic (exact) mass is 352 g/mol. The van der Waals surface area contributed by atoms with Crippen molar-refractivity contribution in [2.24, 2.45) is 5.92 Å². The second-order valence-electron chi connectivity index (χ2n) is 6.86. The van der Waals surface area contributed by atoms with E-state index in [2.05, 4.69) is 11.4 Å². The summed E-state index contributed by atoms with van der Waals surface area (Å²) < 4.78 is 5.23. The van der Waals surface area contributed by atoms with Gasteiger partial charge in [0.15, 0.2) is 0 Å². The Hall–Kier alpha value is -1.26. The van der Waals surface area contributed by atoms with Gasteiger partial charge < -0.3 is 15.0 Å². The SMILES string of the molecule is COc1cccc(CCC(=O)N2CCC(NCC3CC3)CC2)c1.Cl. The van der Waals surface area contributed by atoms with Crippen molar-refractivity contribution in [1.82, 2.24) is 10.2 Å². The molecule has 3 rings (SSSR count). The largest absolute Gasteiger partial charge is 0.497 e. The van der Waals surface area contributed by atoms with Gasteiger partial charge in [-0.1, -0.05) is 12.1 Å². The molecule has 0 aromatic heterocycles. The predicted molar refractivity (Wildman–Crippen MR) is 98.9 cm³/mol. The molecule has 0 bridgehead atoms. The molecular weight excluding hydrogens is 324 g/mol. The van der Waals surface area contributed by atoms with Crippen LogP contribution in [0.25, 0.3) is 0 Å². The molecule has 1 saturated carbocycles. The van der Waals surface area contributed by atoms with Gasteiger partial charge in [-0.05, 0) is 62.3 Å². The Balaban J connectivity index is 0.00000208. The smallest absolute Gasteiger partial charge is 0.222 e. The number of benzene rings is 1. The lowest BCUT2D eigenvalue weighted by atomic mass is 10.0. The lowest BCUT2D eigenvalue weighted by Crippen LogP contribution is -2.45. The molecule has 1 saturated heterocycles. The van der Waals surface area contributed by atoms with Crippen molar-refractivity contribution >= 4 is 18.3 Å². The number of rotatable bonds is 7. The molecule has 1 aliphatic heterocycles. The Morgan fingerprint density at radius 1 is 1.25 bits per heavy atom. The van der Waals surface area contributed by atoms with Crippen LogP contribution in [0, 0.1) is 5.92 Å². The number of ether oxygens (including phenoxy) is 1. The molecule has 4 nitrogen and oxygen atoms in total. The number of nitrogens with one attached hydrogen (secondary N) is 1. The number of aryl methyl sites for hydroxylation is 1. The van der Waals surface area contributed by atoms with Crippen molar-refractivity contribution < 1.29 is 9.53 Å². The van der Waals surface area contributed by atoms with Gasteiger partial charge in [-0.25, -0.2) is 0 Å². The summed E-state index contributed by atoms with van der Waals surface area (Å²) in [6.07, 6.45) is 6.36. The fourth-order valence-electron chi connectivity index (χ4n) is 3.23. The number of amides is 1. The van der Waals surface area contributed by atoms with Crippen LogP contribution in [0.1, 0.15) is 37.7 Å². The number of carbonyl (C=O) groups excluding carboxylic acids is 1. The van der Waals surface area contributed by atoms with Gasteiger partial charge in [0, 0.05) is 25.6 Å². The molecule has 24 heavy (non-hydrogen) atoms. The van der Waals surface area contributed by atoms with Crippen LogP contribution < -0.4 is 10.1 Å². The first kappa shape index (κ1) is 19.1. The van der Waals surface area contributed by atoms with E-state index in [9.17, 15) is 4.79 Å². The summed E-state index contributed by atoms with van der Waals surface area (Å²) in [4.78, 5) is 14.4. The highest BCUT2D eigenvalue weighted by atomic mass is 35.5. The third-order valence-electron chi connectivity index (χ3n) is 5.00. The van der Waals surface area contributed by atoms with Gasteiger partial charge in [0.1, 0.15) is 5.75 Å². The second-order valence-corrected chi connectivity index (χ2v) is 6.86. The van der Waals surface area contributed by atoms with Crippen molar-refractivity contribution in [1.29, 1.82) is 0 Å². The molecule has 1 heterocycles. The van der Waals surface area contributed by atoms with Crippen LogP contribution >= 0.6 is 12.4 Å². The van der Waals surface area contributed by atoms with Crippen molar-refractivity contribution in [2.45, 2.75) is 44.6 Å². The Morgan fingerprint density at radius 2 is 2.00 bits per heavy atom. The minimum absolute atomic E-state index is 0. The van der Waals surface area contributed by atoms with E-state index in [4.69, 9.17) is 4.74 Å². The number of piperidine rings is 1. The van der Waals surface area contributed by atoms with Gasteiger partial charge in [-0.3, -0.25) is 4.79 Å². The zero-order valence-corrected chi connectivity index (χ0v) is 15.3. The summed E-state index contributed by atoms with van der Waals surface area (Å²) in [5.74, 6) is 2.07. The molecule has 0 unspecified atom stereocenters. The van der Waals surface area contributed by atoms with Crippen LogP contribution in [-0.4, -0.2) is 43.6 Å². The highest BCUT2D eigenvalue weighted by Gasteiger charge is 2.25. The predicted octanol–water partition coefficient (Wildman–Crippen LogP) is 3.04. The van der Waals surface area contributed by atoms with Crippen LogP contribution in [0.15, 0.2) is 24.3 Å². The van der Waals surface area contributed by atoms with E-state index in [1.165, 1.54) is 24.9 Å².